The summed E-state index contributed by atoms with van der Waals surface area (Å²) >= 11 is 0. The zero-order valence-corrected chi connectivity index (χ0v) is 12.0. The molecule has 0 amide bonds. The van der Waals surface area contributed by atoms with Gasteiger partial charge in [0.05, 0.1) is 6.10 Å². The molecule has 0 radical (unpaired) electrons. The van der Waals surface area contributed by atoms with E-state index in [4.69, 9.17) is 0 Å². The van der Waals surface area contributed by atoms with Crippen LogP contribution in [-0.2, 0) is 0 Å². The van der Waals surface area contributed by atoms with E-state index < -0.39 is 0 Å². The largest absolute Gasteiger partial charge is 0.388 e. The van der Waals surface area contributed by atoms with Crippen molar-refractivity contribution in [3.8, 4) is 0 Å². The Hall–Kier alpha value is -1.34. The smallest absolute Gasteiger partial charge is 0.0824 e. The van der Waals surface area contributed by atoms with Gasteiger partial charge in [-0.25, -0.2) is 0 Å². The second-order valence-electron chi connectivity index (χ2n) is 5.32. The predicted octanol–water partition coefficient (Wildman–Crippen LogP) is 5.09. The summed E-state index contributed by atoms with van der Waals surface area (Å²) in [5, 5.41) is 13.1. The first-order valence-electron chi connectivity index (χ1n) is 7.43. The molecule has 1 N–H and O–H groups in total. The molecule has 0 bridgehead atoms. The van der Waals surface area contributed by atoms with Gasteiger partial charge in [0.2, 0.25) is 0 Å². The Morgan fingerprint density at radius 3 is 2.47 bits per heavy atom. The monoisotopic (exact) mass is 256 g/mol. The Kier molecular flexibility index (Phi) is 4.98. The van der Waals surface area contributed by atoms with Gasteiger partial charge < -0.3 is 5.11 Å². The summed E-state index contributed by atoms with van der Waals surface area (Å²) in [5.74, 6) is 0.366. The van der Waals surface area contributed by atoms with Crippen LogP contribution >= 0.6 is 0 Å². The highest BCUT2D eigenvalue weighted by Crippen LogP contribution is 2.33. The van der Waals surface area contributed by atoms with Crippen LogP contribution in [0.25, 0.3) is 10.8 Å². The van der Waals surface area contributed by atoms with Crippen LogP contribution in [-0.4, -0.2) is 5.11 Å². The van der Waals surface area contributed by atoms with E-state index in [-0.39, 0.29) is 6.10 Å². The molecule has 2 rings (SSSR count). The van der Waals surface area contributed by atoms with Crippen LogP contribution in [0.1, 0.15) is 51.2 Å². The third-order valence-corrected chi connectivity index (χ3v) is 4.04. The summed E-state index contributed by atoms with van der Waals surface area (Å²) in [5.41, 5.74) is 1.08. The molecule has 2 atom stereocenters. The van der Waals surface area contributed by atoms with Crippen molar-refractivity contribution in [3.05, 3.63) is 48.0 Å². The van der Waals surface area contributed by atoms with Gasteiger partial charge in [-0.05, 0) is 28.7 Å². The molecule has 1 nitrogen and oxygen atoms in total. The van der Waals surface area contributed by atoms with E-state index in [2.05, 4.69) is 38.1 Å². The molecule has 2 aromatic carbocycles. The van der Waals surface area contributed by atoms with Crippen LogP contribution in [0.3, 0.4) is 0 Å². The summed E-state index contributed by atoms with van der Waals surface area (Å²) in [6, 6.07) is 14.5. The van der Waals surface area contributed by atoms with E-state index >= 15 is 0 Å². The van der Waals surface area contributed by atoms with Crippen LogP contribution in [0.15, 0.2) is 42.5 Å². The Bertz CT molecular complexity index is 513. The zero-order chi connectivity index (χ0) is 13.7. The van der Waals surface area contributed by atoms with Crippen molar-refractivity contribution in [2.24, 2.45) is 5.92 Å². The number of aliphatic hydroxyl groups excluding tert-OH is 1. The lowest BCUT2D eigenvalue weighted by molar-refractivity contribution is 0.100. The maximum absolute atomic E-state index is 10.7. The van der Waals surface area contributed by atoms with Crippen LogP contribution in [0.2, 0.25) is 0 Å². The van der Waals surface area contributed by atoms with Crippen molar-refractivity contribution < 1.29 is 5.11 Å². The second-order valence-corrected chi connectivity index (χ2v) is 5.32. The molecule has 0 aliphatic carbocycles. The highest BCUT2D eigenvalue weighted by molar-refractivity contribution is 5.85. The van der Waals surface area contributed by atoms with E-state index in [0.717, 1.165) is 18.4 Å². The van der Waals surface area contributed by atoms with Gasteiger partial charge in [0.25, 0.3) is 0 Å². The number of hydrogen-bond acceptors (Lipinski definition) is 1. The van der Waals surface area contributed by atoms with Crippen molar-refractivity contribution in [2.45, 2.75) is 45.6 Å². The molecule has 0 heterocycles. The Labute approximate surface area is 116 Å². The van der Waals surface area contributed by atoms with E-state index in [1.165, 1.54) is 23.6 Å². The summed E-state index contributed by atoms with van der Waals surface area (Å²) < 4.78 is 0. The summed E-state index contributed by atoms with van der Waals surface area (Å²) in [4.78, 5) is 0. The van der Waals surface area contributed by atoms with E-state index in [1.54, 1.807) is 0 Å². The highest BCUT2D eigenvalue weighted by Gasteiger charge is 2.20. The van der Waals surface area contributed by atoms with Crippen LogP contribution in [0, 0.1) is 5.92 Å². The minimum Gasteiger partial charge on any atom is -0.388 e. The number of fused-ring (bicyclic) bond motifs is 1. The van der Waals surface area contributed by atoms with Crippen molar-refractivity contribution >= 4 is 10.8 Å². The molecule has 0 saturated carbocycles. The van der Waals surface area contributed by atoms with Gasteiger partial charge in [-0.1, -0.05) is 75.6 Å². The zero-order valence-electron chi connectivity index (χ0n) is 12.0. The lowest BCUT2D eigenvalue weighted by Gasteiger charge is -2.23. The Morgan fingerprint density at radius 2 is 1.74 bits per heavy atom. The molecule has 0 aromatic heterocycles. The number of unbranched alkanes of at least 4 members (excludes halogenated alkanes) is 1. The quantitative estimate of drug-likeness (QED) is 0.763. The maximum Gasteiger partial charge on any atom is 0.0824 e. The van der Waals surface area contributed by atoms with Crippen LogP contribution < -0.4 is 0 Å². The molecule has 0 saturated heterocycles. The first-order chi connectivity index (χ1) is 9.27. The number of rotatable bonds is 6. The third-order valence-electron chi connectivity index (χ3n) is 4.04. The summed E-state index contributed by atoms with van der Waals surface area (Å²) in [7, 11) is 0. The number of aliphatic hydroxyl groups is 1. The molecular formula is C18H24O. The first-order valence-corrected chi connectivity index (χ1v) is 7.43. The summed E-state index contributed by atoms with van der Waals surface area (Å²) in [6.07, 6.45) is 4.18. The second kappa shape index (κ2) is 6.72. The fourth-order valence-corrected chi connectivity index (χ4v) is 2.81. The molecule has 0 aliphatic rings. The minimum atomic E-state index is -0.345. The number of hydrogen-bond donors (Lipinski definition) is 1. The third kappa shape index (κ3) is 3.16. The predicted molar refractivity (Wildman–Crippen MR) is 82.2 cm³/mol. The topological polar surface area (TPSA) is 20.2 Å². The van der Waals surface area contributed by atoms with Crippen molar-refractivity contribution in [2.75, 3.05) is 0 Å². The van der Waals surface area contributed by atoms with Gasteiger partial charge in [0.1, 0.15) is 0 Å². The molecule has 19 heavy (non-hydrogen) atoms. The Balaban J connectivity index is 2.31. The molecule has 2 aromatic rings. The molecular weight excluding hydrogens is 232 g/mol. The van der Waals surface area contributed by atoms with Gasteiger partial charge in [-0.3, -0.25) is 0 Å². The lowest BCUT2D eigenvalue weighted by Crippen LogP contribution is -2.12. The average molecular weight is 256 g/mol. The van der Waals surface area contributed by atoms with Gasteiger partial charge in [0, 0.05) is 0 Å². The Morgan fingerprint density at radius 1 is 1.00 bits per heavy atom. The highest BCUT2D eigenvalue weighted by atomic mass is 16.3. The van der Waals surface area contributed by atoms with Crippen LogP contribution in [0.4, 0.5) is 0 Å². The molecule has 1 heteroatoms. The maximum atomic E-state index is 10.7. The number of benzene rings is 2. The van der Waals surface area contributed by atoms with Crippen molar-refractivity contribution in [3.63, 3.8) is 0 Å². The normalized spacial score (nSPS) is 14.5. The minimum absolute atomic E-state index is 0.345. The van der Waals surface area contributed by atoms with Crippen LogP contribution in [0.5, 0.6) is 0 Å². The molecule has 0 fully saturated rings. The van der Waals surface area contributed by atoms with Gasteiger partial charge in [0.15, 0.2) is 0 Å². The van der Waals surface area contributed by atoms with Crippen molar-refractivity contribution in [1.82, 2.24) is 0 Å². The fraction of sp³-hybridized carbons (Fsp3) is 0.444. The molecule has 0 aliphatic heterocycles. The standard InChI is InChI=1S/C18H24O/c1-3-5-9-14(4-2)18(19)17-13-8-11-15-10-6-7-12-16(15)17/h6-8,10-14,18-19H,3-5,9H2,1-2H3. The molecule has 2 unspecified atom stereocenters. The van der Waals surface area contributed by atoms with Gasteiger partial charge in [-0.15, -0.1) is 0 Å². The molecule has 0 spiro atoms. The summed E-state index contributed by atoms with van der Waals surface area (Å²) in [6.45, 7) is 4.38. The van der Waals surface area contributed by atoms with E-state index in [9.17, 15) is 5.11 Å². The first kappa shape index (κ1) is 14.1. The average Bonchev–Trinajstić information content (AvgIpc) is 2.47. The fourth-order valence-electron chi connectivity index (χ4n) is 2.81. The molecule has 102 valence electrons. The lowest BCUT2D eigenvalue weighted by atomic mass is 9.87. The van der Waals surface area contributed by atoms with E-state index in [1.807, 2.05) is 18.2 Å². The SMILES string of the molecule is CCCCC(CC)C(O)c1cccc2ccccc12. The van der Waals surface area contributed by atoms with E-state index in [0.29, 0.717) is 5.92 Å². The van der Waals surface area contributed by atoms with Gasteiger partial charge >= 0.3 is 0 Å². The van der Waals surface area contributed by atoms with Crippen molar-refractivity contribution in [1.29, 1.82) is 0 Å². The van der Waals surface area contributed by atoms with Gasteiger partial charge in [-0.2, -0.15) is 0 Å².